The largest absolute Gasteiger partial charge is 0.297 e. The minimum absolute atomic E-state index is 0.0317. The zero-order chi connectivity index (χ0) is 12.3. The molecule has 17 heavy (non-hydrogen) atoms. The van der Waals surface area contributed by atoms with E-state index >= 15 is 0 Å². The van der Waals surface area contributed by atoms with Crippen molar-refractivity contribution in [2.75, 3.05) is 12.3 Å². The molecule has 0 radical (unpaired) electrons. The number of thiocarbonyl (C=S) groups is 1. The highest BCUT2D eigenvalue weighted by molar-refractivity contribution is 8.23. The molecule has 2 nitrogen and oxygen atoms in total. The summed E-state index contributed by atoms with van der Waals surface area (Å²) < 4.78 is 13.6. The Balaban J connectivity index is 1.90. The van der Waals surface area contributed by atoms with Crippen LogP contribution in [0.15, 0.2) is 24.3 Å². The number of amides is 1. The maximum Gasteiger partial charge on any atom is 0.228 e. The first kappa shape index (κ1) is 12.5. The molecule has 1 fully saturated rings. The van der Waals surface area contributed by atoms with Gasteiger partial charge in [0, 0.05) is 18.7 Å². The normalized spacial score (nSPS) is 15.4. The summed E-state index contributed by atoms with van der Waals surface area (Å²) in [4.78, 5) is 13.5. The summed E-state index contributed by atoms with van der Waals surface area (Å²) in [7, 11) is 0. The molecule has 1 aliphatic heterocycles. The van der Waals surface area contributed by atoms with Crippen LogP contribution in [0.2, 0.25) is 0 Å². The van der Waals surface area contributed by atoms with Gasteiger partial charge in [-0.3, -0.25) is 9.69 Å². The number of hydrogen-bond acceptors (Lipinski definition) is 3. The minimum atomic E-state index is -0.262. The summed E-state index contributed by atoms with van der Waals surface area (Å²) in [6.45, 7) is 0.700. The molecule has 5 heteroatoms. The lowest BCUT2D eigenvalue weighted by atomic mass is 10.1. The van der Waals surface area contributed by atoms with Gasteiger partial charge in [-0.2, -0.15) is 0 Å². The first-order valence-corrected chi connectivity index (χ1v) is 6.78. The Morgan fingerprint density at radius 2 is 2.35 bits per heavy atom. The molecular formula is C12H12FNOS2. The topological polar surface area (TPSA) is 20.3 Å². The lowest BCUT2D eigenvalue weighted by Gasteiger charge is -2.14. The summed E-state index contributed by atoms with van der Waals surface area (Å²) in [5.41, 5.74) is 0.844. The van der Waals surface area contributed by atoms with E-state index in [1.54, 1.807) is 11.0 Å². The first-order valence-electron chi connectivity index (χ1n) is 5.38. The molecule has 0 unspecified atom stereocenters. The fourth-order valence-electron chi connectivity index (χ4n) is 1.70. The Kier molecular flexibility index (Phi) is 4.12. The zero-order valence-electron chi connectivity index (χ0n) is 9.19. The van der Waals surface area contributed by atoms with Crippen molar-refractivity contribution >= 4 is 34.2 Å². The van der Waals surface area contributed by atoms with Gasteiger partial charge in [0.15, 0.2) is 0 Å². The first-order chi connectivity index (χ1) is 8.16. The predicted octanol–water partition coefficient (Wildman–Crippen LogP) is 2.62. The van der Waals surface area contributed by atoms with Crippen molar-refractivity contribution in [3.05, 3.63) is 35.6 Å². The van der Waals surface area contributed by atoms with Crippen LogP contribution in [-0.4, -0.2) is 27.4 Å². The van der Waals surface area contributed by atoms with Gasteiger partial charge in [0.2, 0.25) is 5.91 Å². The molecule has 90 valence electrons. The van der Waals surface area contributed by atoms with Gasteiger partial charge >= 0.3 is 0 Å². The number of aryl methyl sites for hydroxylation is 1. The molecule has 1 aromatic rings. The molecule has 1 aliphatic rings. The number of hydrogen-bond donors (Lipinski definition) is 0. The average molecular weight is 269 g/mol. The van der Waals surface area contributed by atoms with Gasteiger partial charge in [0.25, 0.3) is 0 Å². The van der Waals surface area contributed by atoms with Gasteiger partial charge < -0.3 is 0 Å². The smallest absolute Gasteiger partial charge is 0.228 e. The molecule has 1 aromatic carbocycles. The second-order valence-corrected chi connectivity index (χ2v) is 5.52. The Bertz CT molecular complexity index is 450. The van der Waals surface area contributed by atoms with Gasteiger partial charge in [0.1, 0.15) is 10.1 Å². The third kappa shape index (κ3) is 3.26. The van der Waals surface area contributed by atoms with Crippen molar-refractivity contribution in [2.24, 2.45) is 0 Å². The van der Waals surface area contributed by atoms with Crippen molar-refractivity contribution < 1.29 is 9.18 Å². The molecule has 0 N–H and O–H groups in total. The summed E-state index contributed by atoms with van der Waals surface area (Å²) in [5, 5.41) is 0. The number of benzene rings is 1. The highest BCUT2D eigenvalue weighted by Gasteiger charge is 2.23. The zero-order valence-corrected chi connectivity index (χ0v) is 10.8. The maximum atomic E-state index is 12.9. The van der Waals surface area contributed by atoms with E-state index in [0.29, 0.717) is 23.7 Å². The van der Waals surface area contributed by atoms with Crippen LogP contribution in [0.3, 0.4) is 0 Å². The molecule has 1 heterocycles. The van der Waals surface area contributed by atoms with Crippen LogP contribution in [0.25, 0.3) is 0 Å². The fourth-order valence-corrected chi connectivity index (χ4v) is 2.94. The second kappa shape index (κ2) is 5.60. The Labute approximate surface area is 109 Å². The fraction of sp³-hybridized carbons (Fsp3) is 0.333. The standard InChI is InChI=1S/C12H12FNOS2/c13-10-3-1-2-9(8-10)4-5-11(15)14-6-7-17-12(14)16/h1-3,8H,4-7H2. The lowest BCUT2D eigenvalue weighted by molar-refractivity contribution is -0.126. The van der Waals surface area contributed by atoms with Crippen LogP contribution in [0, 0.1) is 5.82 Å². The Hall–Kier alpha value is -0.940. The van der Waals surface area contributed by atoms with E-state index in [0.717, 1.165) is 11.3 Å². The molecule has 2 rings (SSSR count). The van der Waals surface area contributed by atoms with Crippen molar-refractivity contribution in [3.63, 3.8) is 0 Å². The van der Waals surface area contributed by atoms with E-state index in [1.165, 1.54) is 23.9 Å². The Morgan fingerprint density at radius 3 is 3.00 bits per heavy atom. The van der Waals surface area contributed by atoms with Crippen molar-refractivity contribution in [2.45, 2.75) is 12.8 Å². The quantitative estimate of drug-likeness (QED) is 0.787. The molecule has 1 amide bonds. The number of carbonyl (C=O) groups excluding carboxylic acids is 1. The number of rotatable bonds is 3. The predicted molar refractivity (Wildman–Crippen MR) is 71.5 cm³/mol. The average Bonchev–Trinajstić information content (AvgIpc) is 2.72. The van der Waals surface area contributed by atoms with E-state index in [9.17, 15) is 9.18 Å². The van der Waals surface area contributed by atoms with Gasteiger partial charge in [-0.25, -0.2) is 4.39 Å². The molecule has 0 spiro atoms. The van der Waals surface area contributed by atoms with Crippen LogP contribution in [0.4, 0.5) is 4.39 Å². The number of halogens is 1. The molecular weight excluding hydrogens is 257 g/mol. The third-order valence-corrected chi connectivity index (χ3v) is 4.01. The van der Waals surface area contributed by atoms with Crippen LogP contribution in [0.1, 0.15) is 12.0 Å². The van der Waals surface area contributed by atoms with E-state index < -0.39 is 0 Å². The van der Waals surface area contributed by atoms with Gasteiger partial charge in [-0.15, -0.1) is 0 Å². The molecule has 0 atom stereocenters. The number of thioether (sulfide) groups is 1. The van der Waals surface area contributed by atoms with Crippen LogP contribution >= 0.6 is 24.0 Å². The van der Waals surface area contributed by atoms with Crippen molar-refractivity contribution in [1.29, 1.82) is 0 Å². The van der Waals surface area contributed by atoms with Crippen LogP contribution in [0.5, 0.6) is 0 Å². The van der Waals surface area contributed by atoms with E-state index in [-0.39, 0.29) is 11.7 Å². The van der Waals surface area contributed by atoms with Crippen molar-refractivity contribution in [3.8, 4) is 0 Å². The Morgan fingerprint density at radius 1 is 1.53 bits per heavy atom. The lowest BCUT2D eigenvalue weighted by Crippen LogP contribution is -2.30. The van der Waals surface area contributed by atoms with Crippen LogP contribution in [-0.2, 0) is 11.2 Å². The monoisotopic (exact) mass is 269 g/mol. The summed E-state index contributed by atoms with van der Waals surface area (Å²) in [6.07, 6.45) is 0.935. The summed E-state index contributed by atoms with van der Waals surface area (Å²) in [6, 6.07) is 6.35. The van der Waals surface area contributed by atoms with Gasteiger partial charge in [0.05, 0.1) is 0 Å². The second-order valence-electron chi connectivity index (χ2n) is 3.79. The van der Waals surface area contributed by atoms with E-state index in [1.807, 2.05) is 6.07 Å². The molecule has 0 aromatic heterocycles. The van der Waals surface area contributed by atoms with Crippen LogP contribution < -0.4 is 0 Å². The van der Waals surface area contributed by atoms with E-state index in [2.05, 4.69) is 0 Å². The highest BCUT2D eigenvalue weighted by atomic mass is 32.2. The molecule has 1 saturated heterocycles. The minimum Gasteiger partial charge on any atom is -0.297 e. The maximum absolute atomic E-state index is 12.9. The highest BCUT2D eigenvalue weighted by Crippen LogP contribution is 2.19. The van der Waals surface area contributed by atoms with Crippen molar-refractivity contribution in [1.82, 2.24) is 4.90 Å². The number of carbonyl (C=O) groups is 1. The van der Waals surface area contributed by atoms with Gasteiger partial charge in [-0.05, 0) is 24.1 Å². The number of nitrogens with zero attached hydrogens (tertiary/aromatic N) is 1. The van der Waals surface area contributed by atoms with E-state index in [4.69, 9.17) is 12.2 Å². The van der Waals surface area contributed by atoms with Gasteiger partial charge in [-0.1, -0.05) is 36.1 Å². The SMILES string of the molecule is O=C(CCc1cccc(F)c1)N1CCSC1=S. The molecule has 0 saturated carbocycles. The summed E-state index contributed by atoms with van der Waals surface area (Å²) in [5.74, 6) is 0.649. The third-order valence-electron chi connectivity index (χ3n) is 2.58. The molecule has 0 bridgehead atoms. The molecule has 0 aliphatic carbocycles. The summed E-state index contributed by atoms with van der Waals surface area (Å²) >= 11 is 6.61.